The van der Waals surface area contributed by atoms with Crippen molar-refractivity contribution >= 4 is 39.1 Å². The molecule has 0 aliphatic rings. The zero-order valence-electron chi connectivity index (χ0n) is 25.4. The van der Waals surface area contributed by atoms with Gasteiger partial charge in [0.25, 0.3) is 10.0 Å². The lowest BCUT2D eigenvalue weighted by molar-refractivity contribution is -0.140. The van der Waals surface area contributed by atoms with Gasteiger partial charge in [0.1, 0.15) is 12.6 Å². The Morgan fingerprint density at radius 2 is 1.43 bits per heavy atom. The van der Waals surface area contributed by atoms with Gasteiger partial charge in [-0.15, -0.1) is 0 Å². The standard InChI is InChI=1S/C35H38ClN3O4S/c1-25(2)37-35(41)33(22-28-11-7-5-8-12-28)38(23-29-17-19-30(36)20-18-29)34(40)24-39(32-21-26(3)15-16-27(32)4)44(42,43)31-13-9-6-10-14-31/h5-21,25,33H,22-24H2,1-4H3,(H,37,41)/t33-/m0/s1. The molecule has 2 amide bonds. The number of hydrogen-bond donors (Lipinski definition) is 1. The summed E-state index contributed by atoms with van der Waals surface area (Å²) in [5.74, 6) is -0.837. The summed E-state index contributed by atoms with van der Waals surface area (Å²) in [7, 11) is -4.16. The maximum absolute atomic E-state index is 14.5. The number of amides is 2. The fourth-order valence-electron chi connectivity index (χ4n) is 4.94. The van der Waals surface area contributed by atoms with E-state index in [4.69, 9.17) is 11.6 Å². The van der Waals surface area contributed by atoms with Crippen LogP contribution < -0.4 is 9.62 Å². The first-order valence-corrected chi connectivity index (χ1v) is 16.3. The van der Waals surface area contributed by atoms with E-state index in [0.717, 1.165) is 21.0 Å². The van der Waals surface area contributed by atoms with E-state index >= 15 is 0 Å². The van der Waals surface area contributed by atoms with Crippen LogP contribution in [0.25, 0.3) is 0 Å². The first-order chi connectivity index (χ1) is 21.0. The van der Waals surface area contributed by atoms with E-state index < -0.39 is 28.5 Å². The van der Waals surface area contributed by atoms with E-state index in [2.05, 4.69) is 5.32 Å². The molecular weight excluding hydrogens is 594 g/mol. The maximum atomic E-state index is 14.5. The molecule has 0 radical (unpaired) electrons. The minimum absolute atomic E-state index is 0.0661. The summed E-state index contributed by atoms with van der Waals surface area (Å²) in [5.41, 5.74) is 3.57. The van der Waals surface area contributed by atoms with Gasteiger partial charge in [-0.3, -0.25) is 13.9 Å². The smallest absolute Gasteiger partial charge is 0.264 e. The molecule has 44 heavy (non-hydrogen) atoms. The predicted molar refractivity (Wildman–Crippen MR) is 176 cm³/mol. The second-order valence-corrected chi connectivity index (χ2v) is 13.4. The molecule has 0 aromatic heterocycles. The van der Waals surface area contributed by atoms with Gasteiger partial charge in [-0.2, -0.15) is 0 Å². The Balaban J connectivity index is 1.82. The van der Waals surface area contributed by atoms with Crippen LogP contribution in [0.3, 0.4) is 0 Å². The minimum atomic E-state index is -4.16. The van der Waals surface area contributed by atoms with Gasteiger partial charge in [0, 0.05) is 24.0 Å². The Hall–Kier alpha value is -4.14. The molecule has 0 unspecified atom stereocenters. The number of hydrogen-bond acceptors (Lipinski definition) is 4. The Labute approximate surface area is 265 Å². The Kier molecular flexibility index (Phi) is 10.8. The van der Waals surface area contributed by atoms with Gasteiger partial charge in [-0.05, 0) is 80.3 Å². The number of anilines is 1. The van der Waals surface area contributed by atoms with Crippen LogP contribution in [-0.2, 0) is 32.6 Å². The summed E-state index contributed by atoms with van der Waals surface area (Å²) in [4.78, 5) is 29.8. The number of halogens is 1. The summed E-state index contributed by atoms with van der Waals surface area (Å²) in [5, 5.41) is 3.51. The van der Waals surface area contributed by atoms with Crippen molar-refractivity contribution in [3.8, 4) is 0 Å². The van der Waals surface area contributed by atoms with Crippen LogP contribution in [0.4, 0.5) is 5.69 Å². The highest BCUT2D eigenvalue weighted by Gasteiger charge is 2.35. The van der Waals surface area contributed by atoms with Crippen molar-refractivity contribution in [2.24, 2.45) is 0 Å². The monoisotopic (exact) mass is 631 g/mol. The van der Waals surface area contributed by atoms with Gasteiger partial charge in [-0.25, -0.2) is 8.42 Å². The van der Waals surface area contributed by atoms with Crippen LogP contribution in [0.1, 0.15) is 36.1 Å². The molecule has 0 bridgehead atoms. The van der Waals surface area contributed by atoms with Crippen LogP contribution in [0, 0.1) is 13.8 Å². The van der Waals surface area contributed by atoms with Gasteiger partial charge in [-0.1, -0.05) is 84.4 Å². The van der Waals surface area contributed by atoms with Crippen LogP contribution in [0.15, 0.2) is 108 Å². The second-order valence-electron chi connectivity index (χ2n) is 11.1. The Bertz CT molecular complexity index is 1680. The van der Waals surface area contributed by atoms with Crippen LogP contribution in [0.5, 0.6) is 0 Å². The highest BCUT2D eigenvalue weighted by Crippen LogP contribution is 2.29. The molecule has 1 N–H and O–H groups in total. The van der Waals surface area contributed by atoms with Crippen molar-refractivity contribution in [3.05, 3.63) is 130 Å². The first-order valence-electron chi connectivity index (χ1n) is 14.5. The van der Waals surface area contributed by atoms with E-state index in [1.807, 2.05) is 70.2 Å². The largest absolute Gasteiger partial charge is 0.352 e. The molecule has 0 saturated heterocycles. The highest BCUT2D eigenvalue weighted by atomic mass is 35.5. The molecule has 0 saturated carbocycles. The van der Waals surface area contributed by atoms with Crippen molar-refractivity contribution in [3.63, 3.8) is 0 Å². The molecule has 4 aromatic carbocycles. The van der Waals surface area contributed by atoms with Gasteiger partial charge in [0.05, 0.1) is 10.6 Å². The van der Waals surface area contributed by atoms with Crippen molar-refractivity contribution in [2.75, 3.05) is 10.8 Å². The van der Waals surface area contributed by atoms with Crippen molar-refractivity contribution in [1.82, 2.24) is 10.2 Å². The summed E-state index contributed by atoms with van der Waals surface area (Å²) in [6.07, 6.45) is 0.244. The number of carbonyl (C=O) groups is 2. The van der Waals surface area contributed by atoms with Gasteiger partial charge in [0.15, 0.2) is 0 Å². The zero-order valence-corrected chi connectivity index (χ0v) is 27.0. The van der Waals surface area contributed by atoms with E-state index in [1.54, 1.807) is 48.5 Å². The number of benzene rings is 4. The van der Waals surface area contributed by atoms with E-state index in [-0.39, 0.29) is 29.8 Å². The molecule has 4 aromatic rings. The zero-order chi connectivity index (χ0) is 31.9. The number of rotatable bonds is 12. The van der Waals surface area contributed by atoms with Crippen LogP contribution in [0.2, 0.25) is 5.02 Å². The fraction of sp³-hybridized carbons (Fsp3) is 0.257. The molecule has 230 valence electrons. The SMILES string of the molecule is Cc1ccc(C)c(N(CC(=O)N(Cc2ccc(Cl)cc2)[C@@H](Cc2ccccc2)C(=O)NC(C)C)S(=O)(=O)c2ccccc2)c1. The second kappa shape index (κ2) is 14.6. The van der Waals surface area contributed by atoms with Gasteiger partial charge in [0.2, 0.25) is 11.8 Å². The summed E-state index contributed by atoms with van der Waals surface area (Å²) >= 11 is 6.14. The third-order valence-electron chi connectivity index (χ3n) is 7.21. The summed E-state index contributed by atoms with van der Waals surface area (Å²) in [6.45, 7) is 6.97. The number of aryl methyl sites for hydroxylation is 2. The van der Waals surface area contributed by atoms with Crippen LogP contribution in [-0.4, -0.2) is 43.8 Å². The average molecular weight is 632 g/mol. The summed E-state index contributed by atoms with van der Waals surface area (Å²) in [6, 6.07) is 29.0. The molecule has 0 spiro atoms. The van der Waals surface area contributed by atoms with Gasteiger partial charge >= 0.3 is 0 Å². The number of sulfonamides is 1. The Morgan fingerprint density at radius 1 is 0.818 bits per heavy atom. The minimum Gasteiger partial charge on any atom is -0.352 e. The predicted octanol–water partition coefficient (Wildman–Crippen LogP) is 6.32. The topological polar surface area (TPSA) is 86.8 Å². The molecule has 0 heterocycles. The normalized spacial score (nSPS) is 12.0. The van der Waals surface area contributed by atoms with E-state index in [0.29, 0.717) is 16.3 Å². The van der Waals surface area contributed by atoms with E-state index in [9.17, 15) is 18.0 Å². The number of carbonyl (C=O) groups excluding carboxylic acids is 2. The average Bonchev–Trinajstić information content (AvgIpc) is 3.00. The molecule has 0 aliphatic carbocycles. The summed E-state index contributed by atoms with van der Waals surface area (Å²) < 4.78 is 29.5. The molecule has 9 heteroatoms. The van der Waals surface area contributed by atoms with E-state index in [1.165, 1.54) is 17.0 Å². The molecule has 0 aliphatic heterocycles. The third kappa shape index (κ3) is 8.27. The van der Waals surface area contributed by atoms with Crippen molar-refractivity contribution in [2.45, 2.75) is 57.6 Å². The fourth-order valence-corrected chi connectivity index (χ4v) is 6.56. The third-order valence-corrected chi connectivity index (χ3v) is 9.24. The molecule has 4 rings (SSSR count). The molecule has 0 fully saturated rings. The molecule has 1 atom stereocenters. The first kappa shape index (κ1) is 32.8. The lowest BCUT2D eigenvalue weighted by Gasteiger charge is -2.34. The number of nitrogens with one attached hydrogen (secondary N) is 1. The molecular formula is C35H38ClN3O4S. The highest BCUT2D eigenvalue weighted by molar-refractivity contribution is 7.92. The number of nitrogens with zero attached hydrogens (tertiary/aromatic N) is 2. The Morgan fingerprint density at radius 3 is 2.05 bits per heavy atom. The lowest BCUT2D eigenvalue weighted by Crippen LogP contribution is -2.54. The lowest BCUT2D eigenvalue weighted by atomic mass is 10.0. The van der Waals surface area contributed by atoms with Crippen LogP contribution >= 0.6 is 11.6 Å². The maximum Gasteiger partial charge on any atom is 0.264 e. The van der Waals surface area contributed by atoms with Crippen molar-refractivity contribution in [1.29, 1.82) is 0 Å². The quantitative estimate of drug-likeness (QED) is 0.198. The van der Waals surface area contributed by atoms with Gasteiger partial charge < -0.3 is 10.2 Å². The molecule has 7 nitrogen and oxygen atoms in total. The van der Waals surface area contributed by atoms with Crippen molar-refractivity contribution < 1.29 is 18.0 Å².